The second-order valence-electron chi connectivity index (χ2n) is 8.12. The van der Waals surface area contributed by atoms with E-state index >= 15 is 0 Å². The van der Waals surface area contributed by atoms with Crippen LogP contribution in [-0.4, -0.2) is 63.1 Å². The van der Waals surface area contributed by atoms with E-state index in [4.69, 9.17) is 21.7 Å². The van der Waals surface area contributed by atoms with Crippen LogP contribution in [0.25, 0.3) is 11.1 Å². The summed E-state index contributed by atoms with van der Waals surface area (Å²) in [6.45, 7) is -0.536. The SMILES string of the molecule is COc1ccc(-c2c3c(n([C@@H]4O[C@H](CO)[C@@H](O)[C@H](O)[C@H]4O)c(=S)c2C#N)CCCC3)cc1. The summed E-state index contributed by atoms with van der Waals surface area (Å²) in [6, 6.07) is 9.65. The molecule has 0 amide bonds. The Labute approximate surface area is 190 Å². The van der Waals surface area contributed by atoms with Crippen molar-refractivity contribution in [2.24, 2.45) is 0 Å². The first-order valence-electron chi connectivity index (χ1n) is 10.6. The van der Waals surface area contributed by atoms with Crippen molar-refractivity contribution in [1.29, 1.82) is 5.26 Å². The third-order valence-corrected chi connectivity index (χ3v) is 6.73. The third-order valence-electron chi connectivity index (χ3n) is 6.33. The first-order chi connectivity index (χ1) is 15.4. The molecule has 2 aromatic rings. The predicted molar refractivity (Wildman–Crippen MR) is 118 cm³/mol. The molecular formula is C23H26N2O6S. The van der Waals surface area contributed by atoms with Crippen molar-refractivity contribution in [3.8, 4) is 22.9 Å². The predicted octanol–water partition coefficient (Wildman–Crippen LogP) is 1.62. The molecule has 170 valence electrons. The first kappa shape index (κ1) is 22.9. The average Bonchev–Trinajstić information content (AvgIpc) is 2.83. The number of rotatable bonds is 4. The molecule has 0 bridgehead atoms. The maximum absolute atomic E-state index is 10.7. The maximum Gasteiger partial charge on any atom is 0.164 e. The number of aliphatic hydroxyl groups is 4. The van der Waals surface area contributed by atoms with Gasteiger partial charge in [-0.2, -0.15) is 5.26 Å². The normalized spacial score (nSPS) is 27.4. The highest BCUT2D eigenvalue weighted by Gasteiger charge is 2.45. The highest BCUT2D eigenvalue weighted by molar-refractivity contribution is 7.71. The molecule has 0 spiro atoms. The van der Waals surface area contributed by atoms with Crippen LogP contribution in [0.15, 0.2) is 24.3 Å². The highest BCUT2D eigenvalue weighted by Crippen LogP contribution is 2.39. The molecule has 1 aromatic heterocycles. The van der Waals surface area contributed by atoms with E-state index in [-0.39, 0.29) is 10.2 Å². The van der Waals surface area contributed by atoms with Crippen LogP contribution in [0, 0.1) is 16.0 Å². The number of aliphatic hydroxyl groups excluding tert-OH is 4. The van der Waals surface area contributed by atoms with Crippen molar-refractivity contribution in [1.82, 2.24) is 4.57 Å². The number of fused-ring (bicyclic) bond motifs is 1. The molecule has 32 heavy (non-hydrogen) atoms. The van der Waals surface area contributed by atoms with E-state index in [0.29, 0.717) is 12.2 Å². The Balaban J connectivity index is 1.94. The van der Waals surface area contributed by atoms with Gasteiger partial charge >= 0.3 is 0 Å². The number of benzene rings is 1. The summed E-state index contributed by atoms with van der Waals surface area (Å²) >= 11 is 5.71. The van der Waals surface area contributed by atoms with Gasteiger partial charge in [0.05, 0.1) is 19.3 Å². The van der Waals surface area contributed by atoms with Crippen molar-refractivity contribution in [3.63, 3.8) is 0 Å². The molecule has 0 saturated carbocycles. The summed E-state index contributed by atoms with van der Waals surface area (Å²) in [7, 11) is 1.59. The lowest BCUT2D eigenvalue weighted by Crippen LogP contribution is -2.57. The van der Waals surface area contributed by atoms with E-state index in [2.05, 4.69) is 6.07 Å². The number of pyridine rings is 1. The Morgan fingerprint density at radius 2 is 1.81 bits per heavy atom. The monoisotopic (exact) mass is 458 g/mol. The summed E-state index contributed by atoms with van der Waals surface area (Å²) in [4.78, 5) is 0. The molecule has 4 rings (SSSR count). The van der Waals surface area contributed by atoms with Crippen molar-refractivity contribution in [2.45, 2.75) is 56.3 Å². The largest absolute Gasteiger partial charge is 0.497 e. The molecule has 1 aromatic carbocycles. The topological polar surface area (TPSA) is 128 Å². The minimum atomic E-state index is -1.53. The fourth-order valence-electron chi connectivity index (χ4n) is 4.67. The summed E-state index contributed by atoms with van der Waals surface area (Å²) in [5.41, 5.74) is 3.66. The quantitative estimate of drug-likeness (QED) is 0.509. The van der Waals surface area contributed by atoms with Crippen LogP contribution in [-0.2, 0) is 17.6 Å². The molecule has 1 aliphatic carbocycles. The lowest BCUT2D eigenvalue weighted by atomic mass is 9.86. The summed E-state index contributed by atoms with van der Waals surface area (Å²) in [5, 5.41) is 50.9. The lowest BCUT2D eigenvalue weighted by molar-refractivity contribution is -0.252. The van der Waals surface area contributed by atoms with E-state index in [1.807, 2.05) is 24.3 Å². The zero-order chi connectivity index (χ0) is 23.0. The molecule has 8 nitrogen and oxygen atoms in total. The average molecular weight is 459 g/mol. The molecule has 9 heteroatoms. The van der Waals surface area contributed by atoms with Crippen LogP contribution >= 0.6 is 12.2 Å². The number of nitriles is 1. The van der Waals surface area contributed by atoms with E-state index in [9.17, 15) is 25.7 Å². The van der Waals surface area contributed by atoms with Crippen LogP contribution in [0.1, 0.15) is 35.9 Å². The number of hydrogen-bond acceptors (Lipinski definition) is 8. The van der Waals surface area contributed by atoms with Gasteiger partial charge in [-0.3, -0.25) is 0 Å². The van der Waals surface area contributed by atoms with E-state index < -0.39 is 37.3 Å². The summed E-state index contributed by atoms with van der Waals surface area (Å²) in [6.07, 6.45) is -3.47. The van der Waals surface area contributed by atoms with E-state index in [1.165, 1.54) is 0 Å². The van der Waals surface area contributed by atoms with Gasteiger partial charge in [-0.1, -0.05) is 24.4 Å². The van der Waals surface area contributed by atoms with Crippen LogP contribution < -0.4 is 4.74 Å². The van der Waals surface area contributed by atoms with Crippen LogP contribution in [0.2, 0.25) is 0 Å². The van der Waals surface area contributed by atoms with Gasteiger partial charge in [0.2, 0.25) is 0 Å². The minimum absolute atomic E-state index is 0.184. The first-order valence-corrected chi connectivity index (χ1v) is 11.0. The van der Waals surface area contributed by atoms with Gasteiger partial charge in [0.25, 0.3) is 0 Å². The summed E-state index contributed by atoms with van der Waals surface area (Å²) < 4.78 is 12.8. The third kappa shape index (κ3) is 3.73. The van der Waals surface area contributed by atoms with Crippen molar-refractivity contribution >= 4 is 12.2 Å². The van der Waals surface area contributed by atoms with Crippen LogP contribution in [0.5, 0.6) is 5.75 Å². The van der Waals surface area contributed by atoms with Crippen molar-refractivity contribution in [2.75, 3.05) is 13.7 Å². The minimum Gasteiger partial charge on any atom is -0.497 e. The number of ether oxygens (including phenoxy) is 2. The second-order valence-corrected chi connectivity index (χ2v) is 8.50. The number of hydrogen-bond donors (Lipinski definition) is 4. The molecule has 1 fully saturated rings. The Kier molecular flexibility index (Phi) is 6.62. The van der Waals surface area contributed by atoms with Gasteiger partial charge in [-0.15, -0.1) is 0 Å². The number of methoxy groups -OCH3 is 1. The molecule has 0 radical (unpaired) electrons. The van der Waals surface area contributed by atoms with Gasteiger partial charge in [-0.05, 0) is 48.9 Å². The molecule has 0 unspecified atom stereocenters. The second kappa shape index (κ2) is 9.27. The number of aromatic nitrogens is 1. The van der Waals surface area contributed by atoms with E-state index in [1.54, 1.807) is 11.7 Å². The van der Waals surface area contributed by atoms with Crippen LogP contribution in [0.4, 0.5) is 0 Å². The molecular weight excluding hydrogens is 432 g/mol. The fourth-order valence-corrected chi connectivity index (χ4v) is 5.03. The van der Waals surface area contributed by atoms with Crippen molar-refractivity contribution < 1.29 is 29.9 Å². The zero-order valence-corrected chi connectivity index (χ0v) is 18.5. The molecule has 1 aliphatic heterocycles. The Hall–Kier alpha value is -2.32. The highest BCUT2D eigenvalue weighted by atomic mass is 32.1. The lowest BCUT2D eigenvalue weighted by Gasteiger charge is -2.42. The standard InChI is InChI=1S/C23H26N2O6S/c1-30-13-8-6-12(7-9-13)18-14-4-2-3-5-16(14)25(23(32)15(18)10-24)22-21(29)20(28)19(27)17(11-26)31-22/h6-9,17,19-22,26-29H,2-5,11H2,1H3/t17-,19-,20+,21-,22-/m1/s1. The molecule has 5 atom stereocenters. The Bertz CT molecular complexity index is 1090. The van der Waals surface area contributed by atoms with Gasteiger partial charge in [0.1, 0.15) is 40.9 Å². The fraction of sp³-hybridized carbons (Fsp3) is 0.478. The van der Waals surface area contributed by atoms with Gasteiger partial charge < -0.3 is 34.5 Å². The smallest absolute Gasteiger partial charge is 0.164 e. The Morgan fingerprint density at radius 3 is 2.44 bits per heavy atom. The van der Waals surface area contributed by atoms with Crippen LogP contribution in [0.3, 0.4) is 0 Å². The Morgan fingerprint density at radius 1 is 1.12 bits per heavy atom. The van der Waals surface area contributed by atoms with Gasteiger partial charge in [0, 0.05) is 11.3 Å². The molecule has 1 saturated heterocycles. The molecule has 2 heterocycles. The zero-order valence-electron chi connectivity index (χ0n) is 17.6. The number of nitrogens with zero attached hydrogens (tertiary/aromatic N) is 2. The van der Waals surface area contributed by atoms with Crippen molar-refractivity contribution in [3.05, 3.63) is 45.7 Å². The molecule has 4 N–H and O–H groups in total. The van der Waals surface area contributed by atoms with E-state index in [0.717, 1.165) is 41.6 Å². The summed E-state index contributed by atoms with van der Waals surface area (Å²) in [5.74, 6) is 0.701. The van der Waals surface area contributed by atoms with Gasteiger partial charge in [0.15, 0.2) is 6.23 Å². The maximum atomic E-state index is 10.7. The van der Waals surface area contributed by atoms with Gasteiger partial charge in [-0.25, -0.2) is 0 Å². The molecule has 2 aliphatic rings.